The first kappa shape index (κ1) is 99.1. The lowest BCUT2D eigenvalue weighted by atomic mass is 9.97. The number of aliphatic hydroxyl groups is 9. The van der Waals surface area contributed by atoms with Gasteiger partial charge in [0, 0.05) is 40.4 Å². The van der Waals surface area contributed by atoms with Gasteiger partial charge in [-0.1, -0.05) is 12.8 Å². The van der Waals surface area contributed by atoms with E-state index in [2.05, 4.69) is 47.1 Å². The van der Waals surface area contributed by atoms with Crippen molar-refractivity contribution in [2.24, 2.45) is 0 Å². The van der Waals surface area contributed by atoms with E-state index in [1.807, 2.05) is 0 Å². The SMILES string of the molecule is CC(=O)N[C@H]1[C@H](OCCOCCOCCOCC(=O)NCCCC[C@H](NC(=O)COCCOCCOCCO[C@@H]2O[C@H](CO)[C@H](O)[C@H](O)[C@H]2NC(C)=O)C(=O)N[C@@H](CCCCNC(=O)COCCOCOCCO[C@@H]2O[C@H](CO)[C@H](O)[C@H](O)[C@H]2NC(C)=O)C(=O)NCCCCCCOP(=O)(O)O)O[C@H](CO)[C@H](O)[C@@H]1O. The lowest BCUT2D eigenvalue weighted by Gasteiger charge is -2.42. The van der Waals surface area contributed by atoms with Crippen molar-refractivity contribution in [2.45, 2.75) is 189 Å². The number of hydrogen-bond donors (Lipinski definition) is 19. The van der Waals surface area contributed by atoms with Crippen molar-refractivity contribution in [3.63, 3.8) is 0 Å². The summed E-state index contributed by atoms with van der Waals surface area (Å²) < 4.78 is 98.0. The molecule has 19 N–H and O–H groups in total. The molecule has 0 bridgehead atoms. The highest BCUT2D eigenvalue weighted by atomic mass is 31.2. The summed E-state index contributed by atoms with van der Waals surface area (Å²) in [4.78, 5) is 120. The molecule has 640 valence electrons. The number of hydrogen-bond acceptors (Lipinski definition) is 34. The van der Waals surface area contributed by atoms with E-state index in [-0.39, 0.29) is 171 Å². The second-order valence-electron chi connectivity index (χ2n) is 25.4. The first-order valence-electron chi connectivity index (χ1n) is 36.6. The third kappa shape index (κ3) is 42.9. The average Bonchev–Trinajstić information content (AvgIpc) is 0.821. The molecule has 8 amide bonds. The van der Waals surface area contributed by atoms with E-state index in [0.29, 0.717) is 44.9 Å². The summed E-state index contributed by atoms with van der Waals surface area (Å²) in [7, 11) is -4.63. The summed E-state index contributed by atoms with van der Waals surface area (Å²) in [6, 6.07) is -5.69. The van der Waals surface area contributed by atoms with Gasteiger partial charge in [-0.2, -0.15) is 0 Å². The molecule has 44 nitrogen and oxygen atoms in total. The van der Waals surface area contributed by atoms with Crippen molar-refractivity contribution in [3.8, 4) is 0 Å². The van der Waals surface area contributed by atoms with Gasteiger partial charge in [0.25, 0.3) is 0 Å². The molecule has 0 aliphatic carbocycles. The fraction of sp³-hybridized carbons (Fsp3) is 0.877. The van der Waals surface area contributed by atoms with Gasteiger partial charge in [-0.05, 0) is 51.4 Å². The Kier molecular flexibility index (Phi) is 52.9. The Balaban J connectivity index is 1.49. The maximum atomic E-state index is 14.2. The van der Waals surface area contributed by atoms with E-state index < -0.39 is 186 Å². The molecule has 17 atom stereocenters. The summed E-state index contributed by atoms with van der Waals surface area (Å²) in [5.74, 6) is -4.38. The molecule has 0 aromatic carbocycles. The summed E-state index contributed by atoms with van der Waals surface area (Å²) in [5.41, 5.74) is 0. The van der Waals surface area contributed by atoms with Crippen LogP contribution in [-0.2, 0) is 118 Å². The predicted octanol–water partition coefficient (Wildman–Crippen LogP) is -8.70. The topological polar surface area (TPSA) is 620 Å². The van der Waals surface area contributed by atoms with Gasteiger partial charge in [0.2, 0.25) is 47.3 Å². The van der Waals surface area contributed by atoms with Gasteiger partial charge in [-0.3, -0.25) is 42.9 Å². The van der Waals surface area contributed by atoms with E-state index in [0.717, 1.165) is 0 Å². The second-order valence-corrected chi connectivity index (χ2v) is 26.6. The van der Waals surface area contributed by atoms with Crippen molar-refractivity contribution in [1.82, 2.24) is 42.5 Å². The summed E-state index contributed by atoms with van der Waals surface area (Å²) in [5, 5.41) is 112. The monoisotopic (exact) mass is 1620 g/mol. The van der Waals surface area contributed by atoms with E-state index in [4.69, 9.17) is 80.8 Å². The van der Waals surface area contributed by atoms with Gasteiger partial charge in [0.1, 0.15) is 112 Å². The Hall–Kier alpha value is -5.09. The fourth-order valence-electron chi connectivity index (χ4n) is 10.8. The van der Waals surface area contributed by atoms with E-state index >= 15 is 0 Å². The molecule has 0 saturated carbocycles. The molecule has 0 unspecified atom stereocenters. The smallest absolute Gasteiger partial charge is 0.394 e. The van der Waals surface area contributed by atoms with Crippen LogP contribution in [0.4, 0.5) is 0 Å². The molecule has 3 rings (SSSR count). The summed E-state index contributed by atoms with van der Waals surface area (Å²) in [6.45, 7) is 1.42. The Morgan fingerprint density at radius 2 is 0.682 bits per heavy atom. The molecule has 0 radical (unpaired) electrons. The molecule has 3 aliphatic rings. The molecule has 3 aliphatic heterocycles. The average molecular weight is 1620 g/mol. The molecular weight excluding hydrogens is 1500 g/mol. The third-order valence-electron chi connectivity index (χ3n) is 16.4. The zero-order chi connectivity index (χ0) is 81.1. The number of ether oxygens (including phenoxy) is 15. The number of carbonyl (C=O) groups excluding carboxylic acids is 8. The van der Waals surface area contributed by atoms with Crippen molar-refractivity contribution in [1.29, 1.82) is 0 Å². The maximum Gasteiger partial charge on any atom is 0.469 e. The molecular formula is C65H119N8O36P. The largest absolute Gasteiger partial charge is 0.469 e. The number of unbranched alkanes of at least 4 members (excludes halogenated alkanes) is 5. The zero-order valence-electron chi connectivity index (χ0n) is 62.6. The predicted molar refractivity (Wildman–Crippen MR) is 374 cm³/mol. The van der Waals surface area contributed by atoms with Crippen molar-refractivity contribution in [3.05, 3.63) is 0 Å². The van der Waals surface area contributed by atoms with Crippen LogP contribution in [0, 0.1) is 0 Å². The number of phosphoric acid groups is 1. The number of aliphatic hydroxyl groups excluding tert-OH is 9. The Bertz CT molecular complexity index is 2620. The van der Waals surface area contributed by atoms with Crippen LogP contribution in [-0.4, -0.2) is 385 Å². The third-order valence-corrected chi connectivity index (χ3v) is 16.9. The minimum atomic E-state index is -4.63. The number of nitrogens with one attached hydrogen (secondary N) is 8. The Morgan fingerprint density at radius 1 is 0.364 bits per heavy atom. The van der Waals surface area contributed by atoms with Crippen molar-refractivity contribution >= 4 is 55.1 Å². The van der Waals surface area contributed by atoms with E-state index in [1.165, 1.54) is 20.8 Å². The Labute approximate surface area is 637 Å². The highest BCUT2D eigenvalue weighted by Gasteiger charge is 2.48. The molecule has 0 aromatic rings. The standard InChI is InChI=1S/C65H119N8O36P/c1-41(77)69-52-58(86)55(83)46(34-74)107-63(52)103-31-28-96-20-18-94-22-24-98-37-49(80)67-15-10-7-13-45(72-51(82)39-100-25-23-95-19-21-97-29-32-104-64-53(70-42(2)78)59(87)56(84)47(35-75)108-64)62(90)73-44(61(89)68-16-8-4-5-11-17-106-110(91,92)93)12-6-9-14-66-50(81)38-99-26-27-101-40-102-30-33-105-65-54(71-43(3)79)60(88)57(85)48(36-76)109-65/h44-48,52-60,63-65,74-76,83-88H,4-40H2,1-3H3,(H,66,81)(H,67,80)(H,68,89)(H,69,77)(H,70,78)(H,71,79)(H,72,82)(H,73,90)(H2,91,92,93)/t44-,45-,46+,47+,48+,52+,53+,54+,55-,56-,57-,58+,59+,60+,63+,64+,65+/m0/s1. The van der Waals surface area contributed by atoms with Gasteiger partial charge >= 0.3 is 7.82 Å². The van der Waals surface area contributed by atoms with Gasteiger partial charge < -0.3 is 169 Å². The van der Waals surface area contributed by atoms with Gasteiger partial charge in [-0.15, -0.1) is 0 Å². The number of carbonyl (C=O) groups is 8. The normalized spacial score (nSPS) is 24.7. The van der Waals surface area contributed by atoms with Crippen LogP contribution in [0.25, 0.3) is 0 Å². The molecule has 3 saturated heterocycles. The molecule has 0 aromatic heterocycles. The molecule has 110 heavy (non-hydrogen) atoms. The first-order chi connectivity index (χ1) is 52.7. The van der Waals surface area contributed by atoms with Crippen LogP contribution in [0.5, 0.6) is 0 Å². The van der Waals surface area contributed by atoms with Gasteiger partial charge in [0.05, 0.1) is 132 Å². The summed E-state index contributed by atoms with van der Waals surface area (Å²) >= 11 is 0. The molecule has 0 spiro atoms. The fourth-order valence-corrected chi connectivity index (χ4v) is 11.2. The van der Waals surface area contributed by atoms with Crippen LogP contribution in [0.2, 0.25) is 0 Å². The van der Waals surface area contributed by atoms with Crippen LogP contribution in [0.3, 0.4) is 0 Å². The van der Waals surface area contributed by atoms with Crippen LogP contribution in [0.1, 0.15) is 85.0 Å². The molecule has 45 heteroatoms. The number of rotatable bonds is 63. The molecule has 3 heterocycles. The maximum absolute atomic E-state index is 14.2. The first-order valence-corrected chi connectivity index (χ1v) is 38.1. The minimum Gasteiger partial charge on any atom is -0.394 e. The highest BCUT2D eigenvalue weighted by Crippen LogP contribution is 2.36. The Morgan fingerprint density at radius 3 is 1.05 bits per heavy atom. The summed E-state index contributed by atoms with van der Waals surface area (Å²) in [6.07, 6.45) is -12.5. The van der Waals surface area contributed by atoms with Crippen LogP contribution in [0.15, 0.2) is 0 Å². The lowest BCUT2D eigenvalue weighted by Crippen LogP contribution is -2.64. The molecule has 3 fully saturated rings. The van der Waals surface area contributed by atoms with Crippen LogP contribution < -0.4 is 42.5 Å². The van der Waals surface area contributed by atoms with Gasteiger partial charge in [0.15, 0.2) is 18.9 Å². The van der Waals surface area contributed by atoms with E-state index in [1.54, 1.807) is 0 Å². The van der Waals surface area contributed by atoms with Crippen molar-refractivity contribution in [2.75, 3.05) is 178 Å². The highest BCUT2D eigenvalue weighted by molar-refractivity contribution is 7.46. The van der Waals surface area contributed by atoms with E-state index in [9.17, 15) is 88.9 Å². The number of amides is 8. The zero-order valence-corrected chi connectivity index (χ0v) is 63.4. The van der Waals surface area contributed by atoms with Gasteiger partial charge in [-0.25, -0.2) is 4.57 Å². The quantitative estimate of drug-likeness (QED) is 0.0153. The number of phosphoric ester groups is 1. The second kappa shape index (κ2) is 58.7. The van der Waals surface area contributed by atoms with Crippen molar-refractivity contribution < 1.29 is 174 Å². The van der Waals surface area contributed by atoms with Crippen LogP contribution >= 0.6 is 7.82 Å². The lowest BCUT2D eigenvalue weighted by molar-refractivity contribution is -0.272. The minimum absolute atomic E-state index is 0.00878.